The number of ether oxygens (including phenoxy) is 1. The molecule has 1 aliphatic heterocycles. The van der Waals surface area contributed by atoms with E-state index in [-0.39, 0.29) is 11.5 Å². The number of nitrogens with one attached hydrogen (secondary N) is 1. The highest BCUT2D eigenvalue weighted by Gasteiger charge is 2.34. The van der Waals surface area contributed by atoms with Crippen molar-refractivity contribution in [1.82, 2.24) is 5.32 Å². The molecule has 1 fully saturated rings. The Morgan fingerprint density at radius 1 is 1.47 bits per heavy atom. The van der Waals surface area contributed by atoms with Crippen LogP contribution in [0.15, 0.2) is 22.7 Å². The molecule has 0 radical (unpaired) electrons. The van der Waals surface area contributed by atoms with Crippen molar-refractivity contribution in [2.24, 2.45) is 0 Å². The molecule has 0 bridgehead atoms. The van der Waals surface area contributed by atoms with Crippen molar-refractivity contribution >= 4 is 33.4 Å². The Kier molecular flexibility index (Phi) is 4.81. The lowest BCUT2D eigenvalue weighted by Gasteiger charge is -2.36. The van der Waals surface area contributed by atoms with Crippen LogP contribution in [0.1, 0.15) is 23.2 Å². The summed E-state index contributed by atoms with van der Waals surface area (Å²) in [6.45, 7) is 1.13. The topological polar surface area (TPSA) is 38.3 Å². The minimum absolute atomic E-state index is 0.274. The number of carbonyl (C=O) groups excluding carboxylic acids is 1. The SMILES string of the molecule is O=C(NC1(CCl)CCOCC1)c1cc(F)ccc1Br. The maximum Gasteiger partial charge on any atom is 0.253 e. The first kappa shape index (κ1) is 14.8. The Morgan fingerprint density at radius 2 is 2.16 bits per heavy atom. The van der Waals surface area contributed by atoms with Crippen LogP contribution in [0.3, 0.4) is 0 Å². The number of halogens is 3. The lowest BCUT2D eigenvalue weighted by atomic mass is 9.92. The number of hydrogen-bond acceptors (Lipinski definition) is 2. The van der Waals surface area contributed by atoms with Crippen LogP contribution in [0.25, 0.3) is 0 Å². The standard InChI is InChI=1S/C13H14BrClFNO2/c14-11-2-1-9(16)7-10(11)12(18)17-13(8-15)3-5-19-6-4-13/h1-2,7H,3-6,8H2,(H,17,18). The Balaban J connectivity index is 2.17. The van der Waals surface area contributed by atoms with Crippen LogP contribution >= 0.6 is 27.5 Å². The van der Waals surface area contributed by atoms with Gasteiger partial charge in [0.2, 0.25) is 0 Å². The highest BCUT2D eigenvalue weighted by molar-refractivity contribution is 9.10. The average molecular weight is 351 g/mol. The fourth-order valence-corrected chi connectivity index (χ4v) is 2.79. The molecule has 1 heterocycles. The maximum absolute atomic E-state index is 13.2. The minimum atomic E-state index is -0.470. The van der Waals surface area contributed by atoms with Crippen molar-refractivity contribution in [3.05, 3.63) is 34.1 Å². The summed E-state index contributed by atoms with van der Waals surface area (Å²) in [5.74, 6) is -0.455. The number of benzene rings is 1. The van der Waals surface area contributed by atoms with E-state index in [9.17, 15) is 9.18 Å². The van der Waals surface area contributed by atoms with Gasteiger partial charge in [0.05, 0.1) is 11.1 Å². The van der Waals surface area contributed by atoms with Gasteiger partial charge in [-0.25, -0.2) is 4.39 Å². The molecule has 0 spiro atoms. The van der Waals surface area contributed by atoms with Crippen LogP contribution in [-0.2, 0) is 4.74 Å². The smallest absolute Gasteiger partial charge is 0.253 e. The average Bonchev–Trinajstić information content (AvgIpc) is 2.42. The summed E-state index contributed by atoms with van der Waals surface area (Å²) < 4.78 is 19.1. The predicted molar refractivity (Wildman–Crippen MR) is 75.1 cm³/mol. The summed E-state index contributed by atoms with van der Waals surface area (Å²) >= 11 is 9.23. The van der Waals surface area contributed by atoms with Crippen LogP contribution in [0.5, 0.6) is 0 Å². The second-order valence-electron chi connectivity index (χ2n) is 4.60. The van der Waals surface area contributed by atoms with Gasteiger partial charge >= 0.3 is 0 Å². The lowest BCUT2D eigenvalue weighted by Crippen LogP contribution is -2.53. The molecule has 104 valence electrons. The van der Waals surface area contributed by atoms with Crippen molar-refractivity contribution < 1.29 is 13.9 Å². The van der Waals surface area contributed by atoms with Gasteiger partial charge in [-0.1, -0.05) is 0 Å². The molecule has 0 saturated carbocycles. The van der Waals surface area contributed by atoms with Crippen LogP contribution < -0.4 is 5.32 Å². The van der Waals surface area contributed by atoms with E-state index in [0.29, 0.717) is 36.4 Å². The molecule has 1 aliphatic rings. The predicted octanol–water partition coefficient (Wildman–Crippen LogP) is 3.11. The Labute approximate surface area is 124 Å². The van der Waals surface area contributed by atoms with Gasteiger partial charge in [0.1, 0.15) is 5.82 Å². The molecule has 6 heteroatoms. The zero-order valence-corrected chi connectivity index (χ0v) is 12.6. The van der Waals surface area contributed by atoms with Gasteiger partial charge in [-0.2, -0.15) is 0 Å². The summed E-state index contributed by atoms with van der Waals surface area (Å²) in [5.41, 5.74) is -0.196. The third-order valence-corrected chi connectivity index (χ3v) is 4.46. The minimum Gasteiger partial charge on any atom is -0.381 e. The molecule has 0 atom stereocenters. The first-order chi connectivity index (χ1) is 9.06. The molecule has 1 amide bonds. The fourth-order valence-electron chi connectivity index (χ4n) is 2.03. The molecule has 1 saturated heterocycles. The molecule has 19 heavy (non-hydrogen) atoms. The summed E-state index contributed by atoms with van der Waals surface area (Å²) in [5, 5.41) is 2.92. The van der Waals surface area contributed by atoms with Crippen LogP contribution in [-0.4, -0.2) is 30.5 Å². The second kappa shape index (κ2) is 6.20. The number of rotatable bonds is 3. The summed E-state index contributed by atoms with van der Waals surface area (Å²) in [7, 11) is 0. The molecular weight excluding hydrogens is 337 g/mol. The quantitative estimate of drug-likeness (QED) is 0.851. The molecule has 1 N–H and O–H groups in total. The van der Waals surface area contributed by atoms with E-state index in [1.165, 1.54) is 18.2 Å². The Hall–Kier alpha value is -0.650. The van der Waals surface area contributed by atoms with Crippen LogP contribution in [0.4, 0.5) is 4.39 Å². The number of alkyl halides is 1. The third-order valence-electron chi connectivity index (χ3n) is 3.26. The largest absolute Gasteiger partial charge is 0.381 e. The van der Waals surface area contributed by atoms with Crippen molar-refractivity contribution in [3.8, 4) is 0 Å². The van der Waals surface area contributed by atoms with E-state index in [0.717, 1.165) is 0 Å². The van der Waals surface area contributed by atoms with E-state index in [4.69, 9.17) is 16.3 Å². The zero-order chi connectivity index (χ0) is 13.9. The van der Waals surface area contributed by atoms with E-state index in [1.807, 2.05) is 0 Å². The second-order valence-corrected chi connectivity index (χ2v) is 5.73. The van der Waals surface area contributed by atoms with Gasteiger partial charge in [-0.15, -0.1) is 11.6 Å². The molecule has 1 aromatic rings. The third kappa shape index (κ3) is 3.46. The molecular formula is C13H14BrClFNO2. The van der Waals surface area contributed by atoms with Gasteiger partial charge in [-0.3, -0.25) is 4.79 Å². The van der Waals surface area contributed by atoms with E-state index in [1.54, 1.807) is 0 Å². The van der Waals surface area contributed by atoms with Crippen LogP contribution in [0.2, 0.25) is 0 Å². The van der Waals surface area contributed by atoms with Crippen LogP contribution in [0, 0.1) is 5.82 Å². The number of hydrogen-bond donors (Lipinski definition) is 1. The van der Waals surface area contributed by atoms with Crippen molar-refractivity contribution in [1.29, 1.82) is 0 Å². The molecule has 0 aromatic heterocycles. The van der Waals surface area contributed by atoms with Gasteiger partial charge in [0, 0.05) is 23.6 Å². The fraction of sp³-hybridized carbons (Fsp3) is 0.462. The van der Waals surface area contributed by atoms with E-state index in [2.05, 4.69) is 21.2 Å². The molecule has 3 nitrogen and oxygen atoms in total. The summed E-state index contributed by atoms with van der Waals surface area (Å²) in [6, 6.07) is 4.02. The Bertz CT molecular complexity index is 478. The highest BCUT2D eigenvalue weighted by Crippen LogP contribution is 2.24. The van der Waals surface area contributed by atoms with Gasteiger partial charge < -0.3 is 10.1 Å². The van der Waals surface area contributed by atoms with Gasteiger partial charge in [-0.05, 0) is 47.0 Å². The summed E-state index contributed by atoms with van der Waals surface area (Å²) in [4.78, 5) is 12.2. The number of carbonyl (C=O) groups is 1. The lowest BCUT2D eigenvalue weighted by molar-refractivity contribution is 0.0433. The molecule has 1 aromatic carbocycles. The molecule has 0 unspecified atom stereocenters. The monoisotopic (exact) mass is 349 g/mol. The Morgan fingerprint density at radius 3 is 2.79 bits per heavy atom. The van der Waals surface area contributed by atoms with E-state index >= 15 is 0 Å². The first-order valence-electron chi connectivity index (χ1n) is 5.98. The summed E-state index contributed by atoms with van der Waals surface area (Å²) in [6.07, 6.45) is 1.32. The first-order valence-corrected chi connectivity index (χ1v) is 7.30. The van der Waals surface area contributed by atoms with Gasteiger partial charge in [0.15, 0.2) is 0 Å². The zero-order valence-electron chi connectivity index (χ0n) is 10.2. The van der Waals surface area contributed by atoms with Crippen molar-refractivity contribution in [2.45, 2.75) is 18.4 Å². The molecule has 0 aliphatic carbocycles. The molecule has 2 rings (SSSR count). The number of amides is 1. The van der Waals surface area contributed by atoms with Crippen molar-refractivity contribution in [2.75, 3.05) is 19.1 Å². The van der Waals surface area contributed by atoms with Crippen molar-refractivity contribution in [3.63, 3.8) is 0 Å². The van der Waals surface area contributed by atoms with Gasteiger partial charge in [0.25, 0.3) is 5.91 Å². The maximum atomic E-state index is 13.2. The van der Waals surface area contributed by atoms with E-state index < -0.39 is 11.4 Å². The normalized spacial score (nSPS) is 18.1. The highest BCUT2D eigenvalue weighted by atomic mass is 79.9.